The van der Waals surface area contributed by atoms with Crippen molar-refractivity contribution in [1.29, 1.82) is 0 Å². The smallest absolute Gasteiger partial charge is 0.475 e. The van der Waals surface area contributed by atoms with Crippen LogP contribution in [0, 0.1) is 0 Å². The number of halogens is 3. The molecule has 0 saturated heterocycles. The molecule has 0 bridgehead atoms. The van der Waals surface area contributed by atoms with Gasteiger partial charge in [-0.15, -0.1) is 0 Å². The summed E-state index contributed by atoms with van der Waals surface area (Å²) in [6, 6.07) is 14.8. The highest BCUT2D eigenvalue weighted by atomic mass is 19.4. The van der Waals surface area contributed by atoms with Gasteiger partial charge in [0.2, 0.25) is 5.91 Å². The summed E-state index contributed by atoms with van der Waals surface area (Å²) in [4.78, 5) is 32.9. The lowest BCUT2D eigenvalue weighted by molar-refractivity contribution is -0.192. The number of rotatable bonds is 7. The molecule has 33 heavy (non-hydrogen) atoms. The Morgan fingerprint density at radius 3 is 2.33 bits per heavy atom. The first-order chi connectivity index (χ1) is 15.6. The van der Waals surface area contributed by atoms with Crippen LogP contribution in [0.5, 0.6) is 0 Å². The van der Waals surface area contributed by atoms with E-state index in [0.717, 1.165) is 30.2 Å². The van der Waals surface area contributed by atoms with E-state index in [-0.39, 0.29) is 11.5 Å². The lowest BCUT2D eigenvalue weighted by Gasteiger charge is -2.09. The average Bonchev–Trinajstić information content (AvgIpc) is 2.77. The Morgan fingerprint density at radius 1 is 1.03 bits per heavy atom. The lowest BCUT2D eigenvalue weighted by Crippen LogP contribution is -2.21. The predicted molar refractivity (Wildman–Crippen MR) is 118 cm³/mol. The third-order valence-electron chi connectivity index (χ3n) is 4.47. The summed E-state index contributed by atoms with van der Waals surface area (Å²) in [5, 5.41) is 18.2. The maximum absolute atomic E-state index is 12.1. The van der Waals surface area contributed by atoms with Crippen molar-refractivity contribution in [3.63, 3.8) is 0 Å². The molecule has 5 N–H and O–H groups in total. The van der Waals surface area contributed by atoms with Crippen LogP contribution >= 0.6 is 0 Å². The minimum absolute atomic E-state index is 0.0153. The van der Waals surface area contributed by atoms with Gasteiger partial charge in [-0.25, -0.2) is 9.89 Å². The van der Waals surface area contributed by atoms with E-state index in [1.54, 1.807) is 6.07 Å². The second-order valence-corrected chi connectivity index (χ2v) is 6.98. The Hall–Kier alpha value is -3.73. The van der Waals surface area contributed by atoms with Crippen LogP contribution in [0.4, 0.5) is 18.9 Å². The molecule has 0 fully saturated rings. The van der Waals surface area contributed by atoms with E-state index in [1.165, 1.54) is 0 Å². The van der Waals surface area contributed by atoms with Gasteiger partial charge in [0.15, 0.2) is 0 Å². The van der Waals surface area contributed by atoms with Gasteiger partial charge in [0, 0.05) is 23.1 Å². The number of H-pyrrole nitrogens is 1. The highest BCUT2D eigenvalue weighted by Gasteiger charge is 2.38. The molecule has 3 aromatic rings. The summed E-state index contributed by atoms with van der Waals surface area (Å²) in [6.45, 7) is 0.657. The normalized spacial score (nSPS) is 10.9. The second kappa shape index (κ2) is 11.8. The number of aliphatic carboxylic acids is 1. The van der Waals surface area contributed by atoms with E-state index in [0.29, 0.717) is 29.7 Å². The van der Waals surface area contributed by atoms with Crippen molar-refractivity contribution in [2.45, 2.75) is 31.9 Å². The Bertz CT molecular complexity index is 1160. The second-order valence-electron chi connectivity index (χ2n) is 6.98. The van der Waals surface area contributed by atoms with E-state index in [1.807, 2.05) is 42.5 Å². The SMILES string of the molecule is NCCCCCC(=O)Nc1cccc(-c2n[nH]c(=O)c3ccccc23)c1.O=C(O)C(F)(F)F. The monoisotopic (exact) mass is 464 g/mol. The van der Waals surface area contributed by atoms with E-state index >= 15 is 0 Å². The molecule has 1 heterocycles. The van der Waals surface area contributed by atoms with E-state index < -0.39 is 12.1 Å². The number of benzene rings is 2. The van der Waals surface area contributed by atoms with Crippen LogP contribution in [-0.2, 0) is 9.59 Å². The van der Waals surface area contributed by atoms with Gasteiger partial charge in [-0.3, -0.25) is 9.59 Å². The van der Waals surface area contributed by atoms with Crippen LogP contribution in [0.25, 0.3) is 22.0 Å². The number of carbonyl (C=O) groups excluding carboxylic acids is 1. The number of anilines is 1. The highest BCUT2D eigenvalue weighted by Crippen LogP contribution is 2.26. The molecule has 0 unspecified atom stereocenters. The highest BCUT2D eigenvalue weighted by molar-refractivity contribution is 5.95. The first-order valence-electron chi connectivity index (χ1n) is 10.0. The van der Waals surface area contributed by atoms with Crippen molar-refractivity contribution < 1.29 is 27.9 Å². The standard InChI is InChI=1S/C20H22N4O2.C2HF3O2/c21-12-5-1-2-11-18(25)22-15-8-6-7-14(13-15)19-16-9-3-4-10-17(16)20(26)24-23-19;3-2(4,5)1(6)7/h3-4,6-10,13H,1-2,5,11-12,21H2,(H,22,25)(H,24,26);(H,6,7). The van der Waals surface area contributed by atoms with E-state index in [9.17, 15) is 22.8 Å². The minimum Gasteiger partial charge on any atom is -0.475 e. The molecule has 0 atom stereocenters. The predicted octanol–water partition coefficient (Wildman–Crippen LogP) is 3.68. The van der Waals surface area contributed by atoms with Crippen molar-refractivity contribution >= 4 is 28.3 Å². The fourth-order valence-corrected chi connectivity index (χ4v) is 2.91. The van der Waals surface area contributed by atoms with Gasteiger partial charge in [0.05, 0.1) is 11.1 Å². The molecule has 8 nitrogen and oxygen atoms in total. The largest absolute Gasteiger partial charge is 0.490 e. The molecule has 0 spiro atoms. The number of aromatic nitrogens is 2. The van der Waals surface area contributed by atoms with Crippen LogP contribution in [0.1, 0.15) is 25.7 Å². The first kappa shape index (κ1) is 25.5. The summed E-state index contributed by atoms with van der Waals surface area (Å²) in [7, 11) is 0. The lowest BCUT2D eigenvalue weighted by atomic mass is 10.0. The number of nitrogens with one attached hydrogen (secondary N) is 2. The third kappa shape index (κ3) is 7.72. The number of fused-ring (bicyclic) bond motifs is 1. The maximum Gasteiger partial charge on any atom is 0.490 e. The van der Waals surface area contributed by atoms with Crippen LogP contribution in [0.2, 0.25) is 0 Å². The summed E-state index contributed by atoms with van der Waals surface area (Å²) in [5.74, 6) is -2.77. The van der Waals surface area contributed by atoms with Gasteiger partial charge >= 0.3 is 12.1 Å². The number of carboxylic acids is 1. The number of hydrogen-bond acceptors (Lipinski definition) is 5. The van der Waals surface area contributed by atoms with Crippen LogP contribution in [0.3, 0.4) is 0 Å². The van der Waals surface area contributed by atoms with Crippen LogP contribution in [-0.4, -0.2) is 39.9 Å². The summed E-state index contributed by atoms with van der Waals surface area (Å²) in [6.07, 6.45) is -1.89. The molecule has 0 aliphatic rings. The number of nitrogens with zero attached hydrogens (tertiary/aromatic N) is 1. The molecule has 1 aromatic heterocycles. The van der Waals surface area contributed by atoms with Crippen molar-refractivity contribution in [3.05, 3.63) is 58.9 Å². The zero-order valence-corrected chi connectivity index (χ0v) is 17.5. The summed E-state index contributed by atoms with van der Waals surface area (Å²) >= 11 is 0. The van der Waals surface area contributed by atoms with Crippen molar-refractivity contribution in [1.82, 2.24) is 10.2 Å². The van der Waals surface area contributed by atoms with Gasteiger partial charge in [-0.05, 0) is 37.6 Å². The quantitative estimate of drug-likeness (QED) is 0.394. The number of aromatic amines is 1. The number of nitrogens with two attached hydrogens (primary N) is 1. The average molecular weight is 464 g/mol. The molecule has 0 aliphatic carbocycles. The Balaban J connectivity index is 0.000000479. The third-order valence-corrected chi connectivity index (χ3v) is 4.47. The molecule has 0 radical (unpaired) electrons. The number of carbonyl (C=O) groups is 2. The van der Waals surface area contributed by atoms with Gasteiger partial charge < -0.3 is 16.2 Å². The van der Waals surface area contributed by atoms with Crippen molar-refractivity contribution in [2.24, 2.45) is 5.73 Å². The summed E-state index contributed by atoms with van der Waals surface area (Å²) in [5.41, 5.74) is 7.47. The topological polar surface area (TPSA) is 138 Å². The van der Waals surface area contributed by atoms with Gasteiger partial charge in [-0.1, -0.05) is 36.8 Å². The van der Waals surface area contributed by atoms with Crippen molar-refractivity contribution in [2.75, 3.05) is 11.9 Å². The molecule has 176 valence electrons. The fourth-order valence-electron chi connectivity index (χ4n) is 2.91. The van der Waals surface area contributed by atoms with Crippen LogP contribution < -0.4 is 16.6 Å². The zero-order valence-electron chi connectivity index (χ0n) is 17.5. The number of amides is 1. The Labute approximate surface area is 186 Å². The number of unbranched alkanes of at least 4 members (excludes halogenated alkanes) is 2. The van der Waals surface area contributed by atoms with Gasteiger partial charge in [-0.2, -0.15) is 18.3 Å². The fraction of sp³-hybridized carbons (Fsp3) is 0.273. The van der Waals surface area contributed by atoms with Crippen molar-refractivity contribution in [3.8, 4) is 11.3 Å². The molecule has 3 rings (SSSR count). The summed E-state index contributed by atoms with van der Waals surface area (Å²) < 4.78 is 31.7. The molecular weight excluding hydrogens is 441 g/mol. The number of alkyl halides is 3. The Kier molecular flexibility index (Phi) is 9.10. The van der Waals surface area contributed by atoms with E-state index in [2.05, 4.69) is 15.5 Å². The van der Waals surface area contributed by atoms with Gasteiger partial charge in [0.1, 0.15) is 0 Å². The molecular formula is C22H23F3N4O4. The minimum atomic E-state index is -5.08. The van der Waals surface area contributed by atoms with E-state index in [4.69, 9.17) is 15.6 Å². The Morgan fingerprint density at radius 2 is 1.70 bits per heavy atom. The number of hydrogen-bond donors (Lipinski definition) is 4. The van der Waals surface area contributed by atoms with Gasteiger partial charge in [0.25, 0.3) is 5.56 Å². The van der Waals surface area contributed by atoms with Crippen LogP contribution in [0.15, 0.2) is 53.3 Å². The first-order valence-corrected chi connectivity index (χ1v) is 10.0. The maximum atomic E-state index is 12.1. The molecule has 1 amide bonds. The molecule has 0 saturated carbocycles. The molecule has 0 aliphatic heterocycles. The zero-order chi connectivity index (χ0) is 24.4. The number of carboxylic acid groups (broad SMARTS) is 1. The molecule has 2 aromatic carbocycles. The molecule has 11 heteroatoms.